The molecule has 0 N–H and O–H groups in total. The topological polar surface area (TPSA) is 17.1 Å². The minimum absolute atomic E-state index is 0.445. The van der Waals surface area contributed by atoms with Crippen LogP contribution in [0, 0.1) is 0 Å². The standard InChI is InChI=1S/C14H24O/c1-3-5-9-12(8-4-2)13-10-6-7-11-14(13)15/h3-11H2,1-2H3. The zero-order valence-corrected chi connectivity index (χ0v) is 10.3. The lowest BCUT2D eigenvalue weighted by molar-refractivity contribution is -0.116. The van der Waals surface area contributed by atoms with E-state index in [1.807, 2.05) is 0 Å². The Kier molecular flexibility index (Phi) is 5.67. The molecular weight excluding hydrogens is 184 g/mol. The average Bonchev–Trinajstić information content (AvgIpc) is 2.25. The van der Waals surface area contributed by atoms with E-state index in [0.29, 0.717) is 5.78 Å². The van der Waals surface area contributed by atoms with Crippen molar-refractivity contribution in [3.8, 4) is 0 Å². The molecule has 0 spiro atoms. The molecule has 86 valence electrons. The number of allylic oxidation sites excluding steroid dienone is 2. The fourth-order valence-electron chi connectivity index (χ4n) is 2.37. The maximum Gasteiger partial charge on any atom is 0.158 e. The van der Waals surface area contributed by atoms with Crippen LogP contribution < -0.4 is 0 Å². The van der Waals surface area contributed by atoms with Crippen LogP contribution in [0.15, 0.2) is 11.1 Å². The number of Topliss-reactive ketones (excluding diaryl/α,β-unsaturated/α-hetero) is 1. The molecule has 0 saturated heterocycles. The Bertz CT molecular complexity index is 238. The molecular formula is C14H24O. The van der Waals surface area contributed by atoms with Crippen LogP contribution in [0.1, 0.15) is 71.6 Å². The van der Waals surface area contributed by atoms with Crippen LogP contribution in [0.3, 0.4) is 0 Å². The normalized spacial score (nSPS) is 20.5. The van der Waals surface area contributed by atoms with Crippen molar-refractivity contribution >= 4 is 5.78 Å². The summed E-state index contributed by atoms with van der Waals surface area (Å²) in [4.78, 5) is 11.8. The molecule has 15 heavy (non-hydrogen) atoms. The zero-order valence-electron chi connectivity index (χ0n) is 10.3. The van der Waals surface area contributed by atoms with Gasteiger partial charge in [0.15, 0.2) is 5.78 Å². The predicted molar refractivity (Wildman–Crippen MR) is 64.9 cm³/mol. The first-order valence-corrected chi connectivity index (χ1v) is 6.53. The number of ketones is 1. The van der Waals surface area contributed by atoms with Crippen LogP contribution in [0.4, 0.5) is 0 Å². The van der Waals surface area contributed by atoms with Gasteiger partial charge in [-0.25, -0.2) is 0 Å². The molecule has 0 atom stereocenters. The summed E-state index contributed by atoms with van der Waals surface area (Å²) in [5.41, 5.74) is 2.68. The summed E-state index contributed by atoms with van der Waals surface area (Å²) in [5.74, 6) is 0.445. The van der Waals surface area contributed by atoms with Crippen molar-refractivity contribution in [1.29, 1.82) is 0 Å². The summed E-state index contributed by atoms with van der Waals surface area (Å²) in [7, 11) is 0. The summed E-state index contributed by atoms with van der Waals surface area (Å²) in [6.45, 7) is 4.43. The van der Waals surface area contributed by atoms with Crippen LogP contribution in [-0.4, -0.2) is 5.78 Å². The van der Waals surface area contributed by atoms with E-state index in [1.165, 1.54) is 36.8 Å². The Morgan fingerprint density at radius 2 is 1.80 bits per heavy atom. The number of carbonyl (C=O) groups is 1. The molecule has 1 fully saturated rings. The van der Waals surface area contributed by atoms with Gasteiger partial charge in [0.1, 0.15) is 0 Å². The van der Waals surface area contributed by atoms with E-state index in [1.54, 1.807) is 0 Å². The van der Waals surface area contributed by atoms with Crippen molar-refractivity contribution < 1.29 is 4.79 Å². The molecule has 1 aliphatic carbocycles. The molecule has 0 heterocycles. The molecule has 0 bridgehead atoms. The summed E-state index contributed by atoms with van der Waals surface area (Å²) in [5, 5.41) is 0. The molecule has 0 radical (unpaired) electrons. The third kappa shape index (κ3) is 3.81. The molecule has 0 unspecified atom stereocenters. The lowest BCUT2D eigenvalue weighted by atomic mass is 9.86. The number of hydrogen-bond donors (Lipinski definition) is 0. The number of rotatable bonds is 5. The van der Waals surface area contributed by atoms with E-state index in [2.05, 4.69) is 13.8 Å². The van der Waals surface area contributed by atoms with E-state index < -0.39 is 0 Å². The summed E-state index contributed by atoms with van der Waals surface area (Å²) >= 11 is 0. The highest BCUT2D eigenvalue weighted by Crippen LogP contribution is 2.27. The first kappa shape index (κ1) is 12.5. The molecule has 1 nitrogen and oxygen atoms in total. The summed E-state index contributed by atoms with van der Waals surface area (Å²) in [6, 6.07) is 0. The van der Waals surface area contributed by atoms with Gasteiger partial charge in [-0.2, -0.15) is 0 Å². The maximum absolute atomic E-state index is 11.8. The van der Waals surface area contributed by atoms with Gasteiger partial charge in [-0.3, -0.25) is 4.79 Å². The molecule has 0 aromatic carbocycles. The first-order valence-electron chi connectivity index (χ1n) is 6.53. The van der Waals surface area contributed by atoms with Gasteiger partial charge in [0.05, 0.1) is 0 Å². The van der Waals surface area contributed by atoms with Gasteiger partial charge < -0.3 is 0 Å². The maximum atomic E-state index is 11.8. The predicted octanol–water partition coefficient (Wildman–Crippen LogP) is 4.42. The minimum Gasteiger partial charge on any atom is -0.295 e. The number of unbranched alkanes of at least 4 members (excludes halogenated alkanes) is 1. The van der Waals surface area contributed by atoms with Crippen molar-refractivity contribution in [1.82, 2.24) is 0 Å². The van der Waals surface area contributed by atoms with Crippen LogP contribution in [0.2, 0.25) is 0 Å². The highest BCUT2D eigenvalue weighted by Gasteiger charge is 2.18. The Morgan fingerprint density at radius 3 is 2.40 bits per heavy atom. The monoisotopic (exact) mass is 208 g/mol. The number of carbonyl (C=O) groups excluding carboxylic acids is 1. The van der Waals surface area contributed by atoms with Crippen molar-refractivity contribution in [3.63, 3.8) is 0 Å². The lowest BCUT2D eigenvalue weighted by Crippen LogP contribution is -2.11. The van der Waals surface area contributed by atoms with Gasteiger partial charge in [0.2, 0.25) is 0 Å². The van der Waals surface area contributed by atoms with Crippen LogP contribution in [0.25, 0.3) is 0 Å². The van der Waals surface area contributed by atoms with Gasteiger partial charge >= 0.3 is 0 Å². The second-order valence-electron chi connectivity index (χ2n) is 4.57. The Labute approximate surface area is 93.9 Å². The molecule has 1 heteroatoms. The molecule has 0 aromatic rings. The second-order valence-corrected chi connectivity index (χ2v) is 4.57. The first-order chi connectivity index (χ1) is 7.29. The van der Waals surface area contributed by atoms with E-state index in [4.69, 9.17) is 0 Å². The molecule has 0 amide bonds. The fraction of sp³-hybridized carbons (Fsp3) is 0.786. The highest BCUT2D eigenvalue weighted by atomic mass is 16.1. The van der Waals surface area contributed by atoms with Crippen LogP contribution in [0.5, 0.6) is 0 Å². The molecule has 0 aliphatic heterocycles. The van der Waals surface area contributed by atoms with Gasteiger partial charge in [-0.15, -0.1) is 0 Å². The SMILES string of the molecule is CCCCC(CCC)=C1CCCCC1=O. The summed E-state index contributed by atoms with van der Waals surface area (Å²) in [6.07, 6.45) is 10.1. The third-order valence-corrected chi connectivity index (χ3v) is 3.23. The molecule has 0 aromatic heterocycles. The van der Waals surface area contributed by atoms with Gasteiger partial charge in [0.25, 0.3) is 0 Å². The Morgan fingerprint density at radius 1 is 1.07 bits per heavy atom. The second kappa shape index (κ2) is 6.81. The molecule has 1 saturated carbocycles. The largest absolute Gasteiger partial charge is 0.295 e. The van der Waals surface area contributed by atoms with Crippen molar-refractivity contribution in [2.75, 3.05) is 0 Å². The zero-order chi connectivity index (χ0) is 11.1. The van der Waals surface area contributed by atoms with Gasteiger partial charge in [0, 0.05) is 6.42 Å². The smallest absolute Gasteiger partial charge is 0.158 e. The highest BCUT2D eigenvalue weighted by molar-refractivity contribution is 5.96. The minimum atomic E-state index is 0.445. The lowest BCUT2D eigenvalue weighted by Gasteiger charge is -2.18. The van der Waals surface area contributed by atoms with E-state index in [-0.39, 0.29) is 0 Å². The van der Waals surface area contributed by atoms with E-state index >= 15 is 0 Å². The van der Waals surface area contributed by atoms with Crippen molar-refractivity contribution in [2.45, 2.75) is 71.6 Å². The quantitative estimate of drug-likeness (QED) is 0.611. The Hall–Kier alpha value is -0.590. The summed E-state index contributed by atoms with van der Waals surface area (Å²) < 4.78 is 0. The average molecular weight is 208 g/mol. The number of hydrogen-bond acceptors (Lipinski definition) is 1. The van der Waals surface area contributed by atoms with E-state index in [0.717, 1.165) is 32.1 Å². The molecule has 1 aliphatic rings. The van der Waals surface area contributed by atoms with E-state index in [9.17, 15) is 4.79 Å². The van der Waals surface area contributed by atoms with Crippen LogP contribution in [-0.2, 0) is 4.79 Å². The van der Waals surface area contributed by atoms with Crippen LogP contribution >= 0.6 is 0 Å². The van der Waals surface area contributed by atoms with Crippen molar-refractivity contribution in [3.05, 3.63) is 11.1 Å². The Balaban J connectivity index is 2.71. The van der Waals surface area contributed by atoms with Crippen molar-refractivity contribution in [2.24, 2.45) is 0 Å². The molecule has 1 rings (SSSR count). The third-order valence-electron chi connectivity index (χ3n) is 3.23. The van der Waals surface area contributed by atoms with Gasteiger partial charge in [-0.05, 0) is 44.1 Å². The fourth-order valence-corrected chi connectivity index (χ4v) is 2.37. The van der Waals surface area contributed by atoms with Gasteiger partial charge in [-0.1, -0.05) is 32.3 Å².